The van der Waals surface area contributed by atoms with Crippen molar-refractivity contribution in [1.29, 1.82) is 0 Å². The first-order chi connectivity index (χ1) is 12.6. The van der Waals surface area contributed by atoms with Crippen molar-refractivity contribution >= 4 is 23.0 Å². The van der Waals surface area contributed by atoms with Gasteiger partial charge in [-0.1, -0.05) is 29.3 Å². The van der Waals surface area contributed by atoms with Crippen LogP contribution < -0.4 is 10.6 Å². The van der Waals surface area contributed by atoms with E-state index in [2.05, 4.69) is 26.7 Å². The van der Waals surface area contributed by atoms with Gasteiger partial charge in [0.25, 0.3) is 0 Å². The second-order valence-corrected chi connectivity index (χ2v) is 6.45. The number of allylic oxidation sites excluding steroid dienone is 1. The number of nitrogens with zero attached hydrogens (tertiary/aromatic N) is 3. The lowest BCUT2D eigenvalue weighted by molar-refractivity contribution is -0.383. The lowest BCUT2D eigenvalue weighted by atomic mass is 9.97. The molecule has 0 aliphatic heterocycles. The van der Waals surface area contributed by atoms with E-state index >= 15 is 0 Å². The summed E-state index contributed by atoms with van der Waals surface area (Å²) in [4.78, 5) is 19.3. The molecule has 7 nitrogen and oxygen atoms in total. The van der Waals surface area contributed by atoms with E-state index in [1.165, 1.54) is 24.7 Å². The van der Waals surface area contributed by atoms with Gasteiger partial charge >= 0.3 is 5.69 Å². The Bertz CT molecular complexity index is 802. The normalized spacial score (nSPS) is 13.8. The molecule has 0 saturated carbocycles. The second-order valence-electron chi connectivity index (χ2n) is 6.45. The van der Waals surface area contributed by atoms with Crippen molar-refractivity contribution in [3.63, 3.8) is 0 Å². The van der Waals surface area contributed by atoms with E-state index in [1.807, 2.05) is 31.2 Å². The van der Waals surface area contributed by atoms with E-state index in [0.717, 1.165) is 30.5 Å². The Morgan fingerprint density at radius 2 is 1.92 bits per heavy atom. The molecular formula is C19H23N5O2. The highest BCUT2D eigenvalue weighted by molar-refractivity contribution is 5.73. The molecule has 2 N–H and O–H groups in total. The van der Waals surface area contributed by atoms with Gasteiger partial charge in [0.1, 0.15) is 6.33 Å². The van der Waals surface area contributed by atoms with E-state index in [-0.39, 0.29) is 17.3 Å². The third-order valence-electron chi connectivity index (χ3n) is 4.44. The van der Waals surface area contributed by atoms with Gasteiger partial charge in [-0.25, -0.2) is 9.97 Å². The van der Waals surface area contributed by atoms with Gasteiger partial charge in [-0.2, -0.15) is 0 Å². The Morgan fingerprint density at radius 1 is 1.15 bits per heavy atom. The number of hydrogen-bond donors (Lipinski definition) is 2. The van der Waals surface area contributed by atoms with Crippen molar-refractivity contribution in [1.82, 2.24) is 9.97 Å². The molecule has 0 amide bonds. The average molecular weight is 353 g/mol. The number of aryl methyl sites for hydroxylation is 1. The zero-order valence-electron chi connectivity index (χ0n) is 14.9. The molecule has 0 saturated heterocycles. The third kappa shape index (κ3) is 4.56. The Labute approximate surface area is 152 Å². The van der Waals surface area contributed by atoms with Crippen LogP contribution in [0.2, 0.25) is 0 Å². The largest absolute Gasteiger partial charge is 0.364 e. The molecule has 0 bridgehead atoms. The fraction of sp³-hybridized carbons (Fsp3) is 0.368. The van der Waals surface area contributed by atoms with Gasteiger partial charge in [-0.3, -0.25) is 10.1 Å². The lowest BCUT2D eigenvalue weighted by Gasteiger charge is -2.14. The number of rotatable bonds is 7. The van der Waals surface area contributed by atoms with Crippen molar-refractivity contribution in [3.05, 3.63) is 57.9 Å². The Hall–Kier alpha value is -2.96. The number of anilines is 3. The van der Waals surface area contributed by atoms with Crippen LogP contribution in [0.4, 0.5) is 23.0 Å². The van der Waals surface area contributed by atoms with E-state index in [0.29, 0.717) is 6.54 Å². The first-order valence-electron chi connectivity index (χ1n) is 8.88. The summed E-state index contributed by atoms with van der Waals surface area (Å²) in [7, 11) is 0. The van der Waals surface area contributed by atoms with Crippen LogP contribution in [-0.2, 0) is 0 Å². The number of benzene rings is 1. The van der Waals surface area contributed by atoms with Gasteiger partial charge < -0.3 is 10.6 Å². The molecule has 1 aromatic heterocycles. The SMILES string of the molecule is Cc1ccc(Nc2ncnc(NCCC3=CCCCC3)c2[N+](=O)[O-])cc1. The van der Waals surface area contributed by atoms with Crippen LogP contribution in [0.15, 0.2) is 42.2 Å². The predicted octanol–water partition coefficient (Wildman–Crippen LogP) is 4.74. The zero-order chi connectivity index (χ0) is 18.4. The summed E-state index contributed by atoms with van der Waals surface area (Å²) in [6.45, 7) is 2.61. The van der Waals surface area contributed by atoms with E-state index in [4.69, 9.17) is 0 Å². The van der Waals surface area contributed by atoms with Crippen molar-refractivity contribution < 1.29 is 4.92 Å². The number of hydrogen-bond acceptors (Lipinski definition) is 6. The molecule has 1 aromatic carbocycles. The predicted molar refractivity (Wildman–Crippen MR) is 103 cm³/mol. The van der Waals surface area contributed by atoms with E-state index in [1.54, 1.807) is 0 Å². The van der Waals surface area contributed by atoms with Crippen molar-refractivity contribution in [2.24, 2.45) is 0 Å². The minimum atomic E-state index is -0.446. The van der Waals surface area contributed by atoms with Crippen LogP contribution in [0.1, 0.15) is 37.7 Å². The summed E-state index contributed by atoms with van der Waals surface area (Å²) in [5.41, 5.74) is 3.15. The second kappa shape index (κ2) is 8.42. The maximum absolute atomic E-state index is 11.6. The average Bonchev–Trinajstić information content (AvgIpc) is 2.64. The molecule has 26 heavy (non-hydrogen) atoms. The van der Waals surface area contributed by atoms with Crippen molar-refractivity contribution in [3.8, 4) is 0 Å². The summed E-state index contributed by atoms with van der Waals surface area (Å²) in [5.74, 6) is 0.434. The van der Waals surface area contributed by atoms with Gasteiger partial charge in [-0.15, -0.1) is 0 Å². The first kappa shape index (κ1) is 17.8. The maximum Gasteiger partial charge on any atom is 0.353 e. The summed E-state index contributed by atoms with van der Waals surface area (Å²) in [5, 5.41) is 17.7. The molecule has 1 aliphatic rings. The van der Waals surface area contributed by atoms with Crippen LogP contribution in [-0.4, -0.2) is 21.4 Å². The molecule has 3 rings (SSSR count). The Balaban J connectivity index is 1.73. The Morgan fingerprint density at radius 3 is 2.62 bits per heavy atom. The van der Waals surface area contributed by atoms with Crippen molar-refractivity contribution in [2.75, 3.05) is 17.2 Å². The van der Waals surface area contributed by atoms with Gasteiger partial charge in [0.2, 0.25) is 11.6 Å². The van der Waals surface area contributed by atoms with Crippen LogP contribution in [0.25, 0.3) is 0 Å². The molecule has 0 atom stereocenters. The van der Waals surface area contributed by atoms with Gasteiger partial charge in [0.05, 0.1) is 4.92 Å². The minimum Gasteiger partial charge on any atom is -0.364 e. The summed E-state index contributed by atoms with van der Waals surface area (Å²) >= 11 is 0. The maximum atomic E-state index is 11.6. The third-order valence-corrected chi connectivity index (χ3v) is 4.44. The number of nitrogens with one attached hydrogen (secondary N) is 2. The molecule has 0 spiro atoms. The highest BCUT2D eigenvalue weighted by Gasteiger charge is 2.23. The fourth-order valence-electron chi connectivity index (χ4n) is 3.02. The molecule has 0 unspecified atom stereocenters. The topological polar surface area (TPSA) is 93.0 Å². The highest BCUT2D eigenvalue weighted by Crippen LogP contribution is 2.31. The molecular weight excluding hydrogens is 330 g/mol. The van der Waals surface area contributed by atoms with Gasteiger partial charge in [-0.05, 0) is 51.2 Å². The van der Waals surface area contributed by atoms with Crippen LogP contribution in [0.5, 0.6) is 0 Å². The molecule has 7 heteroatoms. The lowest BCUT2D eigenvalue weighted by Crippen LogP contribution is -2.10. The molecule has 1 aliphatic carbocycles. The first-order valence-corrected chi connectivity index (χ1v) is 8.88. The number of nitro groups is 1. The summed E-state index contributed by atoms with van der Waals surface area (Å²) < 4.78 is 0. The van der Waals surface area contributed by atoms with Crippen LogP contribution in [0, 0.1) is 17.0 Å². The minimum absolute atomic E-state index is 0.134. The smallest absolute Gasteiger partial charge is 0.353 e. The van der Waals surface area contributed by atoms with Gasteiger partial charge in [0, 0.05) is 12.2 Å². The van der Waals surface area contributed by atoms with Gasteiger partial charge in [0.15, 0.2) is 0 Å². The Kier molecular flexibility index (Phi) is 5.78. The standard InChI is InChI=1S/C19H23N5O2/c1-14-7-9-16(10-8-14)23-19-17(24(25)26)18(21-13-22-19)20-12-11-15-5-3-2-4-6-15/h5,7-10,13H,2-4,6,11-12H2,1H3,(H2,20,21,22,23). The quantitative estimate of drug-likeness (QED) is 0.424. The highest BCUT2D eigenvalue weighted by atomic mass is 16.6. The van der Waals surface area contributed by atoms with Crippen molar-refractivity contribution in [2.45, 2.75) is 39.0 Å². The molecule has 0 fully saturated rings. The zero-order valence-corrected chi connectivity index (χ0v) is 14.9. The monoisotopic (exact) mass is 353 g/mol. The summed E-state index contributed by atoms with van der Waals surface area (Å²) in [6.07, 6.45) is 9.23. The molecule has 2 aromatic rings. The molecule has 1 heterocycles. The molecule has 136 valence electrons. The summed E-state index contributed by atoms with van der Waals surface area (Å²) in [6, 6.07) is 7.60. The van der Waals surface area contributed by atoms with Crippen LogP contribution >= 0.6 is 0 Å². The van der Waals surface area contributed by atoms with E-state index in [9.17, 15) is 10.1 Å². The van der Waals surface area contributed by atoms with E-state index < -0.39 is 4.92 Å². The fourth-order valence-corrected chi connectivity index (χ4v) is 3.02. The number of aromatic nitrogens is 2. The van der Waals surface area contributed by atoms with Crippen LogP contribution in [0.3, 0.4) is 0 Å². The molecule has 0 radical (unpaired) electrons.